The number of carbonyl (C=O) groups is 1. The molecule has 0 amide bonds. The highest BCUT2D eigenvalue weighted by molar-refractivity contribution is 7.89. The van der Waals surface area contributed by atoms with Crippen LogP contribution in [0.4, 0.5) is 5.82 Å². The van der Waals surface area contributed by atoms with Crippen LogP contribution in [0.15, 0.2) is 23.2 Å². The fourth-order valence-electron chi connectivity index (χ4n) is 1.85. The molecule has 1 atom stereocenters. The van der Waals surface area contributed by atoms with Crippen molar-refractivity contribution >= 4 is 21.8 Å². The van der Waals surface area contributed by atoms with Crippen molar-refractivity contribution in [1.29, 1.82) is 0 Å². The van der Waals surface area contributed by atoms with E-state index in [1.165, 1.54) is 30.2 Å². The van der Waals surface area contributed by atoms with Crippen LogP contribution in [-0.4, -0.2) is 43.6 Å². The number of hydrogen-bond acceptors (Lipinski definition) is 5. The van der Waals surface area contributed by atoms with Crippen LogP contribution in [-0.2, 0) is 14.8 Å². The van der Waals surface area contributed by atoms with Gasteiger partial charge in [0.15, 0.2) is 0 Å². The first kappa shape index (κ1) is 18.4. The number of anilines is 1. The van der Waals surface area contributed by atoms with Gasteiger partial charge in [0, 0.05) is 19.3 Å². The standard InChI is InChI=1S/C14H23N3O4S/c1-5-11(6-2)16-22(20,21)12-7-8-13(15-9-12)17(4)10(3)14(18)19/h7-11,16H,5-6H2,1-4H3,(H,18,19). The second-order valence-corrected chi connectivity index (χ2v) is 6.83. The van der Waals surface area contributed by atoms with E-state index >= 15 is 0 Å². The van der Waals surface area contributed by atoms with E-state index in [1.807, 2.05) is 13.8 Å². The van der Waals surface area contributed by atoms with E-state index in [4.69, 9.17) is 5.11 Å². The Hall–Kier alpha value is -1.67. The summed E-state index contributed by atoms with van der Waals surface area (Å²) in [5.41, 5.74) is 0. The number of hydrogen-bond donors (Lipinski definition) is 2. The summed E-state index contributed by atoms with van der Waals surface area (Å²) in [7, 11) is -2.02. The van der Waals surface area contributed by atoms with Crippen LogP contribution in [0.25, 0.3) is 0 Å². The van der Waals surface area contributed by atoms with Crippen molar-refractivity contribution in [2.45, 2.75) is 50.6 Å². The topological polar surface area (TPSA) is 99.6 Å². The van der Waals surface area contributed by atoms with Crippen molar-refractivity contribution in [1.82, 2.24) is 9.71 Å². The van der Waals surface area contributed by atoms with E-state index in [1.54, 1.807) is 7.05 Å². The van der Waals surface area contributed by atoms with E-state index in [9.17, 15) is 13.2 Å². The predicted octanol–water partition coefficient (Wildman–Crippen LogP) is 1.46. The van der Waals surface area contributed by atoms with Gasteiger partial charge < -0.3 is 10.0 Å². The molecule has 0 spiro atoms. The number of carboxylic acid groups (broad SMARTS) is 1. The Morgan fingerprint density at radius 1 is 1.36 bits per heavy atom. The fraction of sp³-hybridized carbons (Fsp3) is 0.571. The number of aromatic nitrogens is 1. The van der Waals surface area contributed by atoms with Crippen molar-refractivity contribution in [2.24, 2.45) is 0 Å². The number of likely N-dealkylation sites (N-methyl/N-ethyl adjacent to an activating group) is 1. The molecule has 0 aromatic carbocycles. The fourth-order valence-corrected chi connectivity index (χ4v) is 3.19. The van der Waals surface area contributed by atoms with Gasteiger partial charge in [0.2, 0.25) is 10.0 Å². The number of pyridine rings is 1. The molecule has 22 heavy (non-hydrogen) atoms. The molecule has 0 fully saturated rings. The van der Waals surface area contributed by atoms with Crippen molar-refractivity contribution in [3.63, 3.8) is 0 Å². The van der Waals surface area contributed by atoms with Gasteiger partial charge in [0.05, 0.1) is 0 Å². The number of sulfonamides is 1. The van der Waals surface area contributed by atoms with Crippen LogP contribution >= 0.6 is 0 Å². The maximum Gasteiger partial charge on any atom is 0.326 e. The molecule has 1 heterocycles. The van der Waals surface area contributed by atoms with Gasteiger partial charge in [-0.05, 0) is 31.9 Å². The predicted molar refractivity (Wildman–Crippen MR) is 84.4 cm³/mol. The number of nitrogens with one attached hydrogen (secondary N) is 1. The second-order valence-electron chi connectivity index (χ2n) is 5.11. The molecule has 0 radical (unpaired) electrons. The molecule has 0 saturated carbocycles. The molecule has 8 heteroatoms. The third kappa shape index (κ3) is 4.41. The first-order valence-electron chi connectivity index (χ1n) is 7.16. The van der Waals surface area contributed by atoms with E-state index in [-0.39, 0.29) is 10.9 Å². The zero-order valence-corrected chi connectivity index (χ0v) is 14.1. The third-order valence-electron chi connectivity index (χ3n) is 3.64. The average Bonchev–Trinajstić information content (AvgIpc) is 2.51. The summed E-state index contributed by atoms with van der Waals surface area (Å²) in [4.78, 5) is 16.5. The summed E-state index contributed by atoms with van der Waals surface area (Å²) in [6.07, 6.45) is 2.66. The number of carboxylic acids is 1. The SMILES string of the molecule is CCC(CC)NS(=O)(=O)c1ccc(N(C)C(C)C(=O)O)nc1. The van der Waals surface area contributed by atoms with Gasteiger partial charge in [-0.2, -0.15) is 0 Å². The molecule has 2 N–H and O–H groups in total. The van der Waals surface area contributed by atoms with Crippen LogP contribution in [0.3, 0.4) is 0 Å². The quantitative estimate of drug-likeness (QED) is 0.749. The highest BCUT2D eigenvalue weighted by Crippen LogP contribution is 2.16. The maximum absolute atomic E-state index is 12.2. The van der Waals surface area contributed by atoms with Gasteiger partial charge in [-0.3, -0.25) is 0 Å². The van der Waals surface area contributed by atoms with E-state index in [2.05, 4.69) is 9.71 Å². The lowest BCUT2D eigenvalue weighted by Gasteiger charge is -2.22. The van der Waals surface area contributed by atoms with Crippen LogP contribution in [0.5, 0.6) is 0 Å². The smallest absolute Gasteiger partial charge is 0.326 e. The van der Waals surface area contributed by atoms with Gasteiger partial charge in [-0.15, -0.1) is 0 Å². The molecule has 0 aliphatic heterocycles. The molecule has 1 aromatic heterocycles. The highest BCUT2D eigenvalue weighted by Gasteiger charge is 2.21. The lowest BCUT2D eigenvalue weighted by atomic mass is 10.2. The molecule has 0 aliphatic rings. The Balaban J connectivity index is 2.95. The Morgan fingerprint density at radius 2 is 1.95 bits per heavy atom. The number of aliphatic carboxylic acids is 1. The average molecular weight is 329 g/mol. The van der Waals surface area contributed by atoms with Crippen molar-refractivity contribution in [3.8, 4) is 0 Å². The lowest BCUT2D eigenvalue weighted by Crippen LogP contribution is -2.36. The molecule has 7 nitrogen and oxygen atoms in total. The van der Waals surface area contributed by atoms with Gasteiger partial charge in [-0.25, -0.2) is 22.9 Å². The molecular weight excluding hydrogens is 306 g/mol. The minimum Gasteiger partial charge on any atom is -0.480 e. The first-order valence-corrected chi connectivity index (χ1v) is 8.65. The van der Waals surface area contributed by atoms with Gasteiger partial charge in [0.1, 0.15) is 16.8 Å². The monoisotopic (exact) mass is 329 g/mol. The maximum atomic E-state index is 12.2. The molecule has 1 unspecified atom stereocenters. The van der Waals surface area contributed by atoms with Gasteiger partial charge >= 0.3 is 5.97 Å². The largest absolute Gasteiger partial charge is 0.480 e. The Kier molecular flexibility index (Phi) is 6.31. The first-order chi connectivity index (χ1) is 10.2. The Bertz CT molecular complexity index is 597. The molecule has 0 bridgehead atoms. The van der Waals surface area contributed by atoms with Gasteiger partial charge in [-0.1, -0.05) is 13.8 Å². The molecule has 0 saturated heterocycles. The summed E-state index contributed by atoms with van der Waals surface area (Å²) in [5, 5.41) is 8.98. The molecule has 1 aromatic rings. The second kappa shape index (κ2) is 7.55. The Morgan fingerprint density at radius 3 is 2.36 bits per heavy atom. The van der Waals surface area contributed by atoms with E-state index in [0.29, 0.717) is 18.7 Å². The summed E-state index contributed by atoms with van der Waals surface area (Å²) in [6, 6.07) is 2.07. The molecule has 1 rings (SSSR count). The van der Waals surface area contributed by atoms with Crippen LogP contribution in [0, 0.1) is 0 Å². The molecule has 0 aliphatic carbocycles. The van der Waals surface area contributed by atoms with E-state index in [0.717, 1.165) is 0 Å². The van der Waals surface area contributed by atoms with Crippen LogP contribution in [0.1, 0.15) is 33.6 Å². The van der Waals surface area contributed by atoms with Crippen molar-refractivity contribution < 1.29 is 18.3 Å². The normalized spacial score (nSPS) is 13.1. The summed E-state index contributed by atoms with van der Waals surface area (Å²) in [5.74, 6) is -0.576. The number of rotatable bonds is 8. The lowest BCUT2D eigenvalue weighted by molar-refractivity contribution is -0.138. The zero-order chi connectivity index (χ0) is 16.9. The summed E-state index contributed by atoms with van der Waals surface area (Å²) >= 11 is 0. The molecular formula is C14H23N3O4S. The Labute approximate surface area is 131 Å². The van der Waals surface area contributed by atoms with Crippen LogP contribution in [0.2, 0.25) is 0 Å². The summed E-state index contributed by atoms with van der Waals surface area (Å²) in [6.45, 7) is 5.36. The highest BCUT2D eigenvalue weighted by atomic mass is 32.2. The van der Waals surface area contributed by atoms with E-state index < -0.39 is 22.0 Å². The minimum absolute atomic E-state index is 0.0690. The van der Waals surface area contributed by atoms with Gasteiger partial charge in [0.25, 0.3) is 0 Å². The van der Waals surface area contributed by atoms with Crippen LogP contribution < -0.4 is 9.62 Å². The molecule has 124 valence electrons. The van der Waals surface area contributed by atoms with Crippen molar-refractivity contribution in [3.05, 3.63) is 18.3 Å². The summed E-state index contributed by atoms with van der Waals surface area (Å²) < 4.78 is 27.1. The third-order valence-corrected chi connectivity index (χ3v) is 5.14. The minimum atomic E-state index is -3.61. The van der Waals surface area contributed by atoms with Crippen molar-refractivity contribution in [2.75, 3.05) is 11.9 Å². The number of nitrogens with zero attached hydrogens (tertiary/aromatic N) is 2. The zero-order valence-electron chi connectivity index (χ0n) is 13.3.